The maximum atomic E-state index is 14.4. The second-order valence-electron chi connectivity index (χ2n) is 19.7. The Kier molecular flexibility index (Phi) is 23.5. The summed E-state index contributed by atoms with van der Waals surface area (Å²) in [5.74, 6) is -4.41. The van der Waals surface area contributed by atoms with Crippen molar-refractivity contribution in [2.75, 3.05) is 39.5 Å². The fourth-order valence-corrected chi connectivity index (χ4v) is 7.44. The van der Waals surface area contributed by atoms with Gasteiger partial charge in [-0.15, -0.1) is 0 Å². The number of carbonyl (C=O) groups excluding carboxylic acids is 8. The van der Waals surface area contributed by atoms with Crippen molar-refractivity contribution in [3.63, 3.8) is 0 Å². The molecule has 0 aliphatic carbocycles. The summed E-state index contributed by atoms with van der Waals surface area (Å²) in [6.45, 7) is 30.5. The molecular weight excluding hydrogens is 1060 g/mol. The molecule has 0 aromatic heterocycles. The minimum atomic E-state index is -0.753. The molecule has 16 nitrogen and oxygen atoms in total. The van der Waals surface area contributed by atoms with Crippen molar-refractivity contribution in [2.24, 2.45) is 5.92 Å². The molecule has 5 aromatic rings. The van der Waals surface area contributed by atoms with Crippen LogP contribution >= 0.6 is 0 Å². The van der Waals surface area contributed by atoms with E-state index in [-0.39, 0.29) is 102 Å². The summed E-state index contributed by atoms with van der Waals surface area (Å²) in [6, 6.07) is 33.1. The van der Waals surface area contributed by atoms with Crippen molar-refractivity contribution < 1.29 is 71.5 Å². The van der Waals surface area contributed by atoms with Crippen molar-refractivity contribution in [3.05, 3.63) is 211 Å². The van der Waals surface area contributed by atoms with Gasteiger partial charge in [-0.3, -0.25) is 4.79 Å². The van der Waals surface area contributed by atoms with E-state index in [4.69, 9.17) is 33.2 Å². The standard InChI is InChI=1S/C67H67NO15/c1-41(2)61(70)77-33-31-68(32-34-78-62(71)42(3)4)60(69)56-37-54(52-21-27-58(28-22-52)82-65(74)45(9)10)36-55(38-56)53-23-29-59(30-24-53)83-67(76)47(12)14-13-46(11)66(75)80-40-49(39-79-63(72)43(5)6)35-48-15-17-50(18-16-48)51-19-25-57(26-20-51)81-64(73)44(7)8/h13,15-30,36-38,49H,1,3,5,7,9,12,14,31-35,39-40H2,2,4,6,8,10-11H3/b46-13+. The first-order chi connectivity index (χ1) is 39.4. The molecule has 0 N–H and O–H groups in total. The van der Waals surface area contributed by atoms with Crippen LogP contribution in [0, 0.1) is 5.92 Å². The summed E-state index contributed by atoms with van der Waals surface area (Å²) >= 11 is 0. The molecular formula is C67H67NO15. The molecule has 1 unspecified atom stereocenters. The van der Waals surface area contributed by atoms with Gasteiger partial charge in [0.1, 0.15) is 30.5 Å². The zero-order valence-corrected chi connectivity index (χ0v) is 47.6. The van der Waals surface area contributed by atoms with Crippen LogP contribution in [-0.4, -0.2) is 92.1 Å². The topological polar surface area (TPSA) is 204 Å². The van der Waals surface area contributed by atoms with Crippen molar-refractivity contribution >= 4 is 47.7 Å². The minimum Gasteiger partial charge on any atom is -0.462 e. The number of rotatable bonds is 28. The minimum absolute atomic E-state index is 0.0426. The van der Waals surface area contributed by atoms with Crippen LogP contribution < -0.4 is 14.2 Å². The second-order valence-corrected chi connectivity index (χ2v) is 19.7. The maximum absolute atomic E-state index is 14.4. The van der Waals surface area contributed by atoms with Gasteiger partial charge in [-0.2, -0.15) is 0 Å². The number of amides is 1. The third kappa shape index (κ3) is 20.0. The highest BCUT2D eigenvalue weighted by atomic mass is 16.6. The van der Waals surface area contributed by atoms with Gasteiger partial charge in [0.25, 0.3) is 5.91 Å². The van der Waals surface area contributed by atoms with Gasteiger partial charge >= 0.3 is 41.8 Å². The predicted octanol–water partition coefficient (Wildman–Crippen LogP) is 11.7. The van der Waals surface area contributed by atoms with E-state index in [9.17, 15) is 38.4 Å². The van der Waals surface area contributed by atoms with E-state index in [2.05, 4.69) is 39.5 Å². The van der Waals surface area contributed by atoms with Crippen LogP contribution in [0.5, 0.6) is 17.2 Å². The van der Waals surface area contributed by atoms with E-state index in [1.165, 1.54) is 45.6 Å². The number of esters is 7. The van der Waals surface area contributed by atoms with Crippen LogP contribution in [-0.2, 0) is 58.9 Å². The Morgan fingerprint density at radius 3 is 1.17 bits per heavy atom. The molecule has 1 amide bonds. The van der Waals surface area contributed by atoms with Gasteiger partial charge in [0, 0.05) is 50.5 Å². The molecule has 0 saturated heterocycles. The molecule has 0 spiro atoms. The largest absolute Gasteiger partial charge is 0.462 e. The molecule has 0 aliphatic heterocycles. The molecule has 0 heterocycles. The number of nitrogens with zero attached hydrogens (tertiary/aromatic N) is 1. The van der Waals surface area contributed by atoms with Gasteiger partial charge < -0.3 is 38.1 Å². The first-order valence-corrected chi connectivity index (χ1v) is 26.2. The van der Waals surface area contributed by atoms with Crippen LogP contribution in [0.15, 0.2) is 200 Å². The van der Waals surface area contributed by atoms with Gasteiger partial charge in [-0.05, 0) is 148 Å². The van der Waals surface area contributed by atoms with Crippen molar-refractivity contribution in [3.8, 4) is 50.6 Å². The Labute approximate surface area is 483 Å². The van der Waals surface area contributed by atoms with Gasteiger partial charge in [0.15, 0.2) is 0 Å². The van der Waals surface area contributed by atoms with Gasteiger partial charge in [0.05, 0.1) is 26.3 Å². The number of ether oxygens (including phenoxy) is 7. The monoisotopic (exact) mass is 1130 g/mol. The Morgan fingerprint density at radius 2 is 0.771 bits per heavy atom. The Morgan fingerprint density at radius 1 is 0.422 bits per heavy atom. The highest BCUT2D eigenvalue weighted by Crippen LogP contribution is 2.32. The Bertz CT molecular complexity index is 3330. The number of carbonyl (C=O) groups is 8. The van der Waals surface area contributed by atoms with Crippen molar-refractivity contribution in [1.29, 1.82) is 0 Å². The number of allylic oxidation sites excluding steroid dienone is 1. The highest BCUT2D eigenvalue weighted by molar-refractivity contribution is 5.98. The van der Waals surface area contributed by atoms with E-state index in [1.807, 2.05) is 42.5 Å². The molecule has 83 heavy (non-hydrogen) atoms. The third-order valence-corrected chi connectivity index (χ3v) is 12.2. The average molecular weight is 1130 g/mol. The van der Waals surface area contributed by atoms with E-state index < -0.39 is 53.6 Å². The molecule has 0 aliphatic rings. The summed E-state index contributed by atoms with van der Waals surface area (Å²) in [6.07, 6.45) is 1.85. The summed E-state index contributed by atoms with van der Waals surface area (Å²) in [5, 5.41) is 0. The van der Waals surface area contributed by atoms with Crippen molar-refractivity contribution in [1.82, 2.24) is 4.90 Å². The third-order valence-electron chi connectivity index (χ3n) is 12.2. The van der Waals surface area contributed by atoms with Crippen LogP contribution in [0.3, 0.4) is 0 Å². The summed E-state index contributed by atoms with van der Waals surface area (Å²) in [4.78, 5) is 103. The summed E-state index contributed by atoms with van der Waals surface area (Å²) in [5.41, 5.74) is 6.72. The first kappa shape index (κ1) is 63.9. The quantitative estimate of drug-likeness (QED) is 0.0198. The van der Waals surface area contributed by atoms with E-state index in [0.29, 0.717) is 34.4 Å². The van der Waals surface area contributed by atoms with E-state index >= 15 is 0 Å². The lowest BCUT2D eigenvalue weighted by Gasteiger charge is -2.23. The Balaban J connectivity index is 1.27. The normalized spacial score (nSPS) is 11.1. The van der Waals surface area contributed by atoms with Crippen molar-refractivity contribution in [2.45, 2.75) is 54.4 Å². The SMILES string of the molecule is C=C(C)C(=O)OCCN(CCOC(=O)C(=C)C)C(=O)c1cc(-c2ccc(OC(=O)C(=C)C)cc2)cc(-c2ccc(OC(=O)C(=C)C/C=C(\C)C(=O)OCC(COC(=O)C(=C)C)Cc3ccc(-c4ccc(OC(=O)C(=C)C)cc4)cc3)cc2)c1. The summed E-state index contributed by atoms with van der Waals surface area (Å²) < 4.78 is 38.1. The number of hydrogen-bond donors (Lipinski definition) is 0. The molecule has 0 bridgehead atoms. The Hall–Kier alpha value is -9.96. The lowest BCUT2D eigenvalue weighted by Crippen LogP contribution is -2.37. The lowest BCUT2D eigenvalue weighted by atomic mass is 9.95. The van der Waals surface area contributed by atoms with E-state index in [0.717, 1.165) is 16.7 Å². The lowest BCUT2D eigenvalue weighted by molar-refractivity contribution is -0.144. The van der Waals surface area contributed by atoms with Crippen LogP contribution in [0.2, 0.25) is 0 Å². The molecule has 16 heteroatoms. The summed E-state index contributed by atoms with van der Waals surface area (Å²) in [7, 11) is 0. The van der Waals surface area contributed by atoms with Crippen LogP contribution in [0.4, 0.5) is 0 Å². The zero-order chi connectivity index (χ0) is 60.9. The van der Waals surface area contributed by atoms with Gasteiger partial charge in [-0.25, -0.2) is 33.6 Å². The second kappa shape index (κ2) is 30.6. The molecule has 5 aromatic carbocycles. The highest BCUT2D eigenvalue weighted by Gasteiger charge is 2.22. The van der Waals surface area contributed by atoms with Crippen LogP contribution in [0.25, 0.3) is 33.4 Å². The molecule has 0 fully saturated rings. The van der Waals surface area contributed by atoms with Gasteiger partial charge in [-0.1, -0.05) is 106 Å². The molecule has 0 saturated carbocycles. The number of hydrogen-bond acceptors (Lipinski definition) is 15. The molecule has 0 radical (unpaired) electrons. The first-order valence-electron chi connectivity index (χ1n) is 26.2. The zero-order valence-electron chi connectivity index (χ0n) is 47.6. The predicted molar refractivity (Wildman–Crippen MR) is 315 cm³/mol. The fourth-order valence-electron chi connectivity index (χ4n) is 7.44. The fraction of sp³-hybridized carbons (Fsp3) is 0.224. The smallest absolute Gasteiger partial charge is 0.339 e. The molecule has 5 rings (SSSR count). The average Bonchev–Trinajstić information content (AvgIpc) is 3.61. The molecule has 1 atom stereocenters. The van der Waals surface area contributed by atoms with E-state index in [1.54, 1.807) is 79.7 Å². The maximum Gasteiger partial charge on any atom is 0.339 e. The van der Waals surface area contributed by atoms with Gasteiger partial charge in [0.2, 0.25) is 0 Å². The number of benzene rings is 5. The molecule has 430 valence electrons. The van der Waals surface area contributed by atoms with Crippen LogP contribution in [0.1, 0.15) is 63.9 Å².